The molecule has 0 unspecified atom stereocenters. The topological polar surface area (TPSA) is 67.4 Å². The second-order valence-corrected chi connectivity index (χ2v) is 10.3. The van der Waals surface area contributed by atoms with Gasteiger partial charge in [0.05, 0.1) is 0 Å². The molecular weight excluding hydrogens is 316 g/mol. The van der Waals surface area contributed by atoms with Crippen molar-refractivity contribution in [3.05, 3.63) is 0 Å². The van der Waals surface area contributed by atoms with Crippen molar-refractivity contribution in [1.82, 2.24) is 5.32 Å². The zero-order chi connectivity index (χ0) is 15.3. The summed E-state index contributed by atoms with van der Waals surface area (Å²) in [6, 6.07) is 0. The Kier molecular flexibility index (Phi) is 6.75. The molecule has 9 heteroatoms. The third-order valence-corrected chi connectivity index (χ3v) is 9.27. The van der Waals surface area contributed by atoms with Gasteiger partial charge in [-0.15, -0.1) is 0 Å². The molecule has 0 radical (unpaired) electrons. The van der Waals surface area contributed by atoms with Crippen molar-refractivity contribution in [2.45, 2.75) is 40.3 Å². The average Bonchev–Trinajstić information content (AvgIpc) is 2.35. The predicted molar refractivity (Wildman–Crippen MR) is 85.7 cm³/mol. The van der Waals surface area contributed by atoms with E-state index >= 15 is 0 Å². The summed E-state index contributed by atoms with van der Waals surface area (Å²) in [5.74, 6) is 0. The molecule has 2 saturated heterocycles. The Morgan fingerprint density at radius 3 is 1.48 bits per heavy atom. The van der Waals surface area contributed by atoms with Gasteiger partial charge in [0.25, 0.3) is 0 Å². The SMILES string of the molecule is CCO[PH]1(CCNCC[PH]2(OCC)OC(C)O2)OC(C)O1. The van der Waals surface area contributed by atoms with E-state index < -0.39 is 15.9 Å². The van der Waals surface area contributed by atoms with E-state index in [1.54, 1.807) is 0 Å². The molecule has 0 aromatic carbocycles. The summed E-state index contributed by atoms with van der Waals surface area (Å²) in [5, 5.41) is 3.37. The van der Waals surface area contributed by atoms with Crippen molar-refractivity contribution < 1.29 is 27.1 Å². The van der Waals surface area contributed by atoms with Crippen molar-refractivity contribution in [3.63, 3.8) is 0 Å². The second-order valence-electron chi connectivity index (χ2n) is 5.09. The fraction of sp³-hybridized carbons (Fsp3) is 1.00. The maximum absolute atomic E-state index is 5.69. The summed E-state index contributed by atoms with van der Waals surface area (Å²) in [6.45, 7) is 10.5. The van der Waals surface area contributed by atoms with Gasteiger partial charge in [0, 0.05) is 0 Å². The Morgan fingerprint density at radius 2 is 1.19 bits per heavy atom. The average molecular weight is 345 g/mol. The van der Waals surface area contributed by atoms with Gasteiger partial charge in [-0.25, -0.2) is 0 Å². The quantitative estimate of drug-likeness (QED) is 0.482. The molecule has 0 bridgehead atoms. The van der Waals surface area contributed by atoms with Crippen LogP contribution in [0.3, 0.4) is 0 Å². The molecule has 2 aliphatic rings. The molecule has 0 aromatic heterocycles. The summed E-state index contributed by atoms with van der Waals surface area (Å²) >= 11 is 0. The van der Waals surface area contributed by atoms with Gasteiger partial charge in [-0.05, 0) is 0 Å². The van der Waals surface area contributed by atoms with Crippen molar-refractivity contribution in [2.75, 3.05) is 38.6 Å². The van der Waals surface area contributed by atoms with Gasteiger partial charge in [0.2, 0.25) is 0 Å². The van der Waals surface area contributed by atoms with Crippen LogP contribution in [0.5, 0.6) is 0 Å². The molecule has 0 atom stereocenters. The van der Waals surface area contributed by atoms with E-state index in [4.69, 9.17) is 27.1 Å². The van der Waals surface area contributed by atoms with Crippen LogP contribution in [0, 0.1) is 0 Å². The van der Waals surface area contributed by atoms with E-state index in [-0.39, 0.29) is 12.6 Å². The van der Waals surface area contributed by atoms with Gasteiger partial charge in [0.15, 0.2) is 0 Å². The monoisotopic (exact) mass is 345 g/mol. The van der Waals surface area contributed by atoms with E-state index in [1.807, 2.05) is 27.7 Å². The molecule has 1 N–H and O–H groups in total. The number of hydrogen-bond donors (Lipinski definition) is 1. The zero-order valence-corrected chi connectivity index (χ0v) is 15.3. The van der Waals surface area contributed by atoms with Crippen LogP contribution < -0.4 is 5.32 Å². The molecule has 7 nitrogen and oxygen atoms in total. The summed E-state index contributed by atoms with van der Waals surface area (Å²) in [4.78, 5) is 0. The Balaban J connectivity index is 1.61. The fourth-order valence-corrected chi connectivity index (χ4v) is 7.53. The Morgan fingerprint density at radius 1 is 0.810 bits per heavy atom. The first-order valence-corrected chi connectivity index (χ1v) is 11.6. The molecule has 0 saturated carbocycles. The van der Waals surface area contributed by atoms with Crippen LogP contribution in [0.25, 0.3) is 0 Å². The first-order valence-electron chi connectivity index (χ1n) is 7.73. The number of hydrogen-bond acceptors (Lipinski definition) is 7. The van der Waals surface area contributed by atoms with Crippen LogP contribution in [-0.2, 0) is 27.1 Å². The van der Waals surface area contributed by atoms with Gasteiger partial charge in [-0.3, -0.25) is 0 Å². The summed E-state index contributed by atoms with van der Waals surface area (Å²) in [6.07, 6.45) is 1.31. The molecule has 0 aromatic rings. The molecule has 2 fully saturated rings. The van der Waals surface area contributed by atoms with E-state index in [9.17, 15) is 0 Å². The number of nitrogens with one attached hydrogen (secondary N) is 1. The predicted octanol–water partition coefficient (Wildman–Crippen LogP) is 2.42. The summed E-state index contributed by atoms with van der Waals surface area (Å²) < 4.78 is 34.1. The van der Waals surface area contributed by atoms with Crippen molar-refractivity contribution in [3.8, 4) is 0 Å². The van der Waals surface area contributed by atoms with Gasteiger partial charge in [0.1, 0.15) is 0 Å². The minimum atomic E-state index is -2.37. The van der Waals surface area contributed by atoms with Crippen molar-refractivity contribution in [2.24, 2.45) is 0 Å². The Bertz CT molecular complexity index is 282. The van der Waals surface area contributed by atoms with E-state index in [1.165, 1.54) is 0 Å². The third kappa shape index (κ3) is 4.77. The van der Waals surface area contributed by atoms with Gasteiger partial charge in [-0.2, -0.15) is 0 Å². The molecule has 0 amide bonds. The van der Waals surface area contributed by atoms with Gasteiger partial charge >= 0.3 is 127 Å². The Labute approximate surface area is 128 Å². The van der Waals surface area contributed by atoms with Crippen LogP contribution in [-0.4, -0.2) is 51.2 Å². The van der Waals surface area contributed by atoms with Crippen molar-refractivity contribution >= 4 is 15.9 Å². The van der Waals surface area contributed by atoms with Crippen LogP contribution in [0.2, 0.25) is 0 Å². The van der Waals surface area contributed by atoms with E-state index in [0.717, 1.165) is 25.4 Å². The van der Waals surface area contributed by atoms with Gasteiger partial charge in [-0.1, -0.05) is 0 Å². The standard InChI is InChI=1S/C12H29NO6P2/c1-5-14-20(16-11(3)17-20)9-7-13-8-10-21(15-6-2)18-12(4)19-21/h11-13,20-21H,5-10H2,1-4H3. The normalized spacial score (nSPS) is 32.8. The van der Waals surface area contributed by atoms with Crippen molar-refractivity contribution in [1.29, 1.82) is 0 Å². The molecule has 0 aliphatic carbocycles. The summed E-state index contributed by atoms with van der Waals surface area (Å²) in [5.41, 5.74) is 0. The molecule has 2 aliphatic heterocycles. The second kappa shape index (κ2) is 7.91. The molecule has 2 rings (SSSR count). The number of rotatable bonds is 10. The molecule has 21 heavy (non-hydrogen) atoms. The maximum atomic E-state index is 5.69. The molecule has 2 heterocycles. The fourth-order valence-electron chi connectivity index (χ4n) is 2.59. The van der Waals surface area contributed by atoms with Crippen LogP contribution in [0.4, 0.5) is 0 Å². The first-order chi connectivity index (χ1) is 10.0. The molecule has 128 valence electrons. The first kappa shape index (κ1) is 17.9. The van der Waals surface area contributed by atoms with E-state index in [2.05, 4.69) is 5.32 Å². The Hall–Kier alpha value is 0.580. The third-order valence-electron chi connectivity index (χ3n) is 3.33. The van der Waals surface area contributed by atoms with Crippen LogP contribution in [0.15, 0.2) is 0 Å². The minimum absolute atomic E-state index is 0.130. The van der Waals surface area contributed by atoms with Crippen LogP contribution in [0.1, 0.15) is 27.7 Å². The molecular formula is C12H29NO6P2. The molecule has 0 spiro atoms. The summed E-state index contributed by atoms with van der Waals surface area (Å²) in [7, 11) is -4.73. The zero-order valence-electron chi connectivity index (χ0n) is 13.3. The van der Waals surface area contributed by atoms with Gasteiger partial charge < -0.3 is 0 Å². The van der Waals surface area contributed by atoms with E-state index in [0.29, 0.717) is 13.2 Å². The van der Waals surface area contributed by atoms with Crippen LogP contribution >= 0.6 is 15.9 Å².